The van der Waals surface area contributed by atoms with Crippen LogP contribution < -0.4 is 0 Å². The Balaban J connectivity index is 0.00000126. The number of rotatable bonds is 6. The first-order valence-corrected chi connectivity index (χ1v) is 9.66. The molecule has 0 radical (unpaired) electrons. The number of aryl methyl sites for hydroxylation is 1. The highest BCUT2D eigenvalue weighted by Crippen LogP contribution is 2.24. The molecule has 1 atom stereocenters. The Bertz CT molecular complexity index is 763. The average Bonchev–Trinajstić information content (AvgIpc) is 3.30. The van der Waals surface area contributed by atoms with Crippen molar-refractivity contribution < 1.29 is 23.9 Å². The van der Waals surface area contributed by atoms with Crippen LogP contribution in [0.3, 0.4) is 0 Å². The molecule has 148 valence electrons. The SMILES string of the molecule is CC.O=C(CCc1nc(-c2ccc(Br)cc2F)n(O)n1)OCC1CCOC1. The Kier molecular flexibility index (Phi) is 8.18. The highest BCUT2D eigenvalue weighted by atomic mass is 79.9. The molecule has 1 unspecified atom stereocenters. The van der Waals surface area contributed by atoms with Crippen molar-refractivity contribution in [1.82, 2.24) is 14.9 Å². The summed E-state index contributed by atoms with van der Waals surface area (Å²) >= 11 is 3.17. The van der Waals surface area contributed by atoms with Crippen LogP contribution in [0.25, 0.3) is 11.4 Å². The number of carbonyl (C=O) groups is 1. The van der Waals surface area contributed by atoms with Gasteiger partial charge in [-0.25, -0.2) is 9.37 Å². The van der Waals surface area contributed by atoms with Gasteiger partial charge in [0.2, 0.25) is 5.82 Å². The van der Waals surface area contributed by atoms with E-state index < -0.39 is 5.82 Å². The molecule has 1 saturated heterocycles. The molecule has 1 N–H and O–H groups in total. The van der Waals surface area contributed by atoms with Gasteiger partial charge in [-0.05, 0) is 24.6 Å². The van der Waals surface area contributed by atoms with Crippen LogP contribution >= 0.6 is 15.9 Å². The van der Waals surface area contributed by atoms with E-state index in [9.17, 15) is 14.4 Å². The molecule has 0 aliphatic carbocycles. The minimum Gasteiger partial charge on any atom is -0.465 e. The topological polar surface area (TPSA) is 86.5 Å². The van der Waals surface area contributed by atoms with Crippen molar-refractivity contribution in [1.29, 1.82) is 0 Å². The van der Waals surface area contributed by atoms with Crippen molar-refractivity contribution >= 4 is 21.9 Å². The molecular formula is C18H23BrFN3O4. The van der Waals surface area contributed by atoms with Crippen molar-refractivity contribution in [3.63, 3.8) is 0 Å². The summed E-state index contributed by atoms with van der Waals surface area (Å²) in [6.07, 6.45) is 1.17. The molecule has 1 aromatic carbocycles. The van der Waals surface area contributed by atoms with Gasteiger partial charge in [-0.1, -0.05) is 34.6 Å². The van der Waals surface area contributed by atoms with E-state index in [0.29, 0.717) is 29.1 Å². The number of hydrogen-bond acceptors (Lipinski definition) is 6. The summed E-state index contributed by atoms with van der Waals surface area (Å²) in [5.74, 6) is -0.428. The van der Waals surface area contributed by atoms with Crippen LogP contribution in [0.5, 0.6) is 0 Å². The highest BCUT2D eigenvalue weighted by Gasteiger charge is 2.19. The second-order valence-corrected chi connectivity index (χ2v) is 6.69. The quantitative estimate of drug-likeness (QED) is 0.541. The summed E-state index contributed by atoms with van der Waals surface area (Å²) in [5.41, 5.74) is 0.119. The maximum atomic E-state index is 14.0. The molecule has 0 spiro atoms. The van der Waals surface area contributed by atoms with Crippen LogP contribution in [0.4, 0.5) is 4.39 Å². The molecule has 9 heteroatoms. The molecule has 1 aromatic heterocycles. The summed E-state index contributed by atoms with van der Waals surface area (Å²) in [4.78, 5) is 16.4. The monoisotopic (exact) mass is 443 g/mol. The normalized spacial score (nSPS) is 15.9. The number of hydrogen-bond donors (Lipinski definition) is 1. The number of ether oxygens (including phenoxy) is 2. The van der Waals surface area contributed by atoms with Crippen molar-refractivity contribution in [3.8, 4) is 11.4 Å². The molecule has 0 saturated carbocycles. The molecule has 27 heavy (non-hydrogen) atoms. The first-order chi connectivity index (χ1) is 13.0. The van der Waals surface area contributed by atoms with E-state index >= 15 is 0 Å². The van der Waals surface area contributed by atoms with Crippen LogP contribution in [0, 0.1) is 11.7 Å². The average molecular weight is 444 g/mol. The van der Waals surface area contributed by atoms with Crippen LogP contribution in [-0.4, -0.2) is 45.9 Å². The van der Waals surface area contributed by atoms with Crippen LogP contribution in [0.15, 0.2) is 22.7 Å². The zero-order valence-corrected chi connectivity index (χ0v) is 16.9. The Morgan fingerprint density at radius 3 is 2.93 bits per heavy atom. The van der Waals surface area contributed by atoms with Gasteiger partial charge < -0.3 is 14.7 Å². The lowest BCUT2D eigenvalue weighted by Crippen LogP contribution is -2.14. The Morgan fingerprint density at radius 2 is 2.26 bits per heavy atom. The molecule has 0 amide bonds. The Hall–Kier alpha value is -2.00. The number of nitrogens with zero attached hydrogens (tertiary/aromatic N) is 3. The molecule has 1 aliphatic rings. The third kappa shape index (κ3) is 6.00. The predicted molar refractivity (Wildman–Crippen MR) is 99.9 cm³/mol. The summed E-state index contributed by atoms with van der Waals surface area (Å²) < 4.78 is 25.0. The zero-order chi connectivity index (χ0) is 19.8. The summed E-state index contributed by atoms with van der Waals surface area (Å²) in [6.45, 7) is 5.66. The van der Waals surface area contributed by atoms with E-state index in [0.717, 1.165) is 6.42 Å². The molecular weight excluding hydrogens is 421 g/mol. The fourth-order valence-electron chi connectivity index (χ4n) is 2.50. The first kappa shape index (κ1) is 21.3. The Morgan fingerprint density at radius 1 is 1.48 bits per heavy atom. The van der Waals surface area contributed by atoms with Crippen LogP contribution in [0.2, 0.25) is 0 Å². The number of aromatic nitrogens is 3. The number of esters is 1. The van der Waals surface area contributed by atoms with Gasteiger partial charge in [0.1, 0.15) is 5.82 Å². The minimum absolute atomic E-state index is 0.0172. The van der Waals surface area contributed by atoms with Gasteiger partial charge in [-0.3, -0.25) is 4.79 Å². The van der Waals surface area contributed by atoms with Gasteiger partial charge in [0.05, 0.1) is 25.2 Å². The van der Waals surface area contributed by atoms with E-state index in [2.05, 4.69) is 26.0 Å². The summed E-state index contributed by atoms with van der Waals surface area (Å²) in [7, 11) is 0. The van der Waals surface area contributed by atoms with E-state index in [1.807, 2.05) is 13.8 Å². The lowest BCUT2D eigenvalue weighted by atomic mass is 10.1. The van der Waals surface area contributed by atoms with Gasteiger partial charge >= 0.3 is 5.97 Å². The third-order valence-corrected chi connectivity index (χ3v) is 4.36. The van der Waals surface area contributed by atoms with Gasteiger partial charge in [-0.15, -0.1) is 5.10 Å². The van der Waals surface area contributed by atoms with Gasteiger partial charge in [0.25, 0.3) is 0 Å². The smallest absolute Gasteiger partial charge is 0.306 e. The predicted octanol–water partition coefficient (Wildman–Crippen LogP) is 3.62. The largest absolute Gasteiger partial charge is 0.465 e. The number of carbonyl (C=O) groups excluding carboxylic acids is 1. The maximum Gasteiger partial charge on any atom is 0.306 e. The van der Waals surface area contributed by atoms with Crippen LogP contribution in [0.1, 0.15) is 32.5 Å². The highest BCUT2D eigenvalue weighted by molar-refractivity contribution is 9.10. The second-order valence-electron chi connectivity index (χ2n) is 5.78. The first-order valence-electron chi connectivity index (χ1n) is 8.87. The lowest BCUT2D eigenvalue weighted by Gasteiger charge is -2.08. The van der Waals surface area contributed by atoms with Crippen LogP contribution in [-0.2, 0) is 20.7 Å². The van der Waals surface area contributed by atoms with E-state index in [4.69, 9.17) is 9.47 Å². The third-order valence-electron chi connectivity index (χ3n) is 3.86. The van der Waals surface area contributed by atoms with Crippen molar-refractivity contribution in [3.05, 3.63) is 34.3 Å². The lowest BCUT2D eigenvalue weighted by molar-refractivity contribution is -0.145. The second kappa shape index (κ2) is 10.4. The summed E-state index contributed by atoms with van der Waals surface area (Å²) in [6, 6.07) is 4.39. The van der Waals surface area contributed by atoms with E-state index in [-0.39, 0.29) is 41.9 Å². The summed E-state index contributed by atoms with van der Waals surface area (Å²) in [5, 5.41) is 13.6. The standard InChI is InChI=1S/C16H17BrFN3O4.C2H6/c17-11-1-2-12(13(18)7-11)16-19-14(20-21(16)23)3-4-15(22)25-9-10-5-6-24-8-10;1-2/h1-2,7,10,23H,3-6,8-9H2;1-2H3. The number of halogens is 2. The van der Waals surface area contributed by atoms with Crippen molar-refractivity contribution in [2.45, 2.75) is 33.1 Å². The maximum absolute atomic E-state index is 14.0. The van der Waals surface area contributed by atoms with Crippen molar-refractivity contribution in [2.75, 3.05) is 19.8 Å². The minimum atomic E-state index is -0.540. The van der Waals surface area contributed by atoms with Gasteiger partial charge in [-0.2, -0.15) is 0 Å². The van der Waals surface area contributed by atoms with Crippen molar-refractivity contribution in [2.24, 2.45) is 5.92 Å². The fourth-order valence-corrected chi connectivity index (χ4v) is 2.84. The van der Waals surface area contributed by atoms with E-state index in [1.54, 1.807) is 6.07 Å². The van der Waals surface area contributed by atoms with E-state index in [1.165, 1.54) is 12.1 Å². The van der Waals surface area contributed by atoms with Gasteiger partial charge in [0, 0.05) is 23.4 Å². The molecule has 7 nitrogen and oxygen atoms in total. The molecule has 0 bridgehead atoms. The molecule has 2 aromatic rings. The zero-order valence-electron chi connectivity index (χ0n) is 15.3. The molecule has 1 aliphatic heterocycles. The Labute approximate surface area is 165 Å². The molecule has 1 fully saturated rings. The van der Waals surface area contributed by atoms with Gasteiger partial charge in [0.15, 0.2) is 5.82 Å². The number of benzene rings is 1. The molecule has 2 heterocycles. The fraction of sp³-hybridized carbons (Fsp3) is 0.500. The molecule has 3 rings (SSSR count).